The van der Waals surface area contributed by atoms with Gasteiger partial charge in [0.25, 0.3) is 5.91 Å². The number of anilines is 1. The van der Waals surface area contributed by atoms with Crippen molar-refractivity contribution in [3.8, 4) is 0 Å². The number of hydrogen-bond acceptors (Lipinski definition) is 3. The van der Waals surface area contributed by atoms with Crippen molar-refractivity contribution in [2.45, 2.75) is 31.7 Å². The number of hydrogen-bond donors (Lipinski definition) is 2. The Morgan fingerprint density at radius 3 is 2.69 bits per heavy atom. The molecule has 1 aromatic heterocycles. The van der Waals surface area contributed by atoms with Gasteiger partial charge in [0.15, 0.2) is 0 Å². The van der Waals surface area contributed by atoms with Crippen molar-refractivity contribution >= 4 is 17.5 Å². The van der Waals surface area contributed by atoms with Crippen molar-refractivity contribution in [1.82, 2.24) is 10.3 Å². The Morgan fingerprint density at radius 2 is 1.90 bits per heavy atom. The fourth-order valence-corrected chi connectivity index (χ4v) is 3.70. The molecule has 0 bridgehead atoms. The second kappa shape index (κ2) is 8.69. The van der Waals surface area contributed by atoms with Crippen LogP contribution in [0.2, 0.25) is 0 Å². The Kier molecular flexibility index (Phi) is 5.66. The molecule has 4 rings (SSSR count). The lowest BCUT2D eigenvalue weighted by molar-refractivity contribution is -0.121. The number of aromatic nitrogens is 1. The normalized spacial score (nSPS) is 14.8. The number of amides is 2. The van der Waals surface area contributed by atoms with Gasteiger partial charge in [-0.15, -0.1) is 0 Å². The molecule has 0 saturated heterocycles. The van der Waals surface area contributed by atoms with E-state index in [0.717, 1.165) is 35.2 Å². The summed E-state index contributed by atoms with van der Waals surface area (Å²) in [6.45, 7) is 0. The summed E-state index contributed by atoms with van der Waals surface area (Å²) < 4.78 is 0. The van der Waals surface area contributed by atoms with E-state index in [9.17, 15) is 9.59 Å². The Hall–Kier alpha value is -3.47. The molecule has 1 unspecified atom stereocenters. The smallest absolute Gasteiger partial charge is 0.255 e. The van der Waals surface area contributed by atoms with Gasteiger partial charge in [0, 0.05) is 30.1 Å². The maximum Gasteiger partial charge on any atom is 0.255 e. The largest absolute Gasteiger partial charge is 0.349 e. The van der Waals surface area contributed by atoms with Crippen LogP contribution in [0.25, 0.3) is 0 Å². The molecule has 2 amide bonds. The van der Waals surface area contributed by atoms with E-state index < -0.39 is 0 Å². The first-order valence-electron chi connectivity index (χ1n) is 9.86. The third-order valence-electron chi connectivity index (χ3n) is 5.21. The van der Waals surface area contributed by atoms with Gasteiger partial charge < -0.3 is 10.6 Å². The van der Waals surface area contributed by atoms with Crippen LogP contribution in [-0.4, -0.2) is 16.8 Å². The zero-order chi connectivity index (χ0) is 20.1. The molecular weight excluding hydrogens is 362 g/mol. The Morgan fingerprint density at radius 1 is 1.03 bits per heavy atom. The van der Waals surface area contributed by atoms with Gasteiger partial charge in [0.1, 0.15) is 0 Å². The number of nitrogens with zero attached hydrogens (tertiary/aromatic N) is 1. The van der Waals surface area contributed by atoms with E-state index in [1.54, 1.807) is 12.4 Å². The number of fused-ring (bicyclic) bond motifs is 1. The molecule has 146 valence electrons. The van der Waals surface area contributed by atoms with Crippen molar-refractivity contribution in [3.63, 3.8) is 0 Å². The minimum atomic E-state index is -0.122. The van der Waals surface area contributed by atoms with E-state index in [0.29, 0.717) is 18.4 Å². The first kappa shape index (κ1) is 18.9. The van der Waals surface area contributed by atoms with Crippen LogP contribution >= 0.6 is 0 Å². The number of benzene rings is 2. The molecule has 2 aromatic carbocycles. The molecular formula is C24H23N3O2. The van der Waals surface area contributed by atoms with Crippen LogP contribution in [0.4, 0.5) is 5.69 Å². The lowest BCUT2D eigenvalue weighted by Gasteiger charge is -2.15. The number of pyridine rings is 1. The van der Waals surface area contributed by atoms with Crippen LogP contribution in [0.5, 0.6) is 0 Å². The highest BCUT2D eigenvalue weighted by molar-refractivity contribution is 6.04. The summed E-state index contributed by atoms with van der Waals surface area (Å²) in [6, 6.07) is 19.0. The monoisotopic (exact) mass is 385 g/mol. The molecule has 2 N–H and O–H groups in total. The number of rotatable bonds is 6. The molecule has 0 saturated carbocycles. The fraction of sp³-hybridized carbons (Fsp3) is 0.208. The standard InChI is InChI=1S/C24H23N3O2/c28-23(13-8-17-5-4-14-25-16-17)27-22-12-10-18-15-19(9-11-21(18)22)24(29)26-20-6-2-1-3-7-20/h1-7,9,11,14-16,22H,8,10,12-13H2,(H,26,29)(H,27,28). The van der Waals surface area contributed by atoms with E-state index in [4.69, 9.17) is 0 Å². The van der Waals surface area contributed by atoms with Gasteiger partial charge in [0.05, 0.1) is 6.04 Å². The molecule has 1 aliphatic rings. The Bertz CT molecular complexity index is 1000. The summed E-state index contributed by atoms with van der Waals surface area (Å²) in [5.74, 6) is -0.0828. The molecule has 0 aliphatic heterocycles. The summed E-state index contributed by atoms with van der Waals surface area (Å²) in [7, 11) is 0. The SMILES string of the molecule is O=C(CCc1cccnc1)NC1CCc2cc(C(=O)Nc3ccccc3)ccc21. The third kappa shape index (κ3) is 4.69. The van der Waals surface area contributed by atoms with Crippen molar-refractivity contribution in [2.24, 2.45) is 0 Å². The van der Waals surface area contributed by atoms with Crippen LogP contribution in [-0.2, 0) is 17.6 Å². The predicted molar refractivity (Wildman–Crippen MR) is 113 cm³/mol. The quantitative estimate of drug-likeness (QED) is 0.672. The van der Waals surface area contributed by atoms with E-state index in [1.807, 2.05) is 60.7 Å². The number of carbonyl (C=O) groups is 2. The molecule has 29 heavy (non-hydrogen) atoms. The predicted octanol–water partition coefficient (Wildman–Crippen LogP) is 4.07. The summed E-state index contributed by atoms with van der Waals surface area (Å²) in [5, 5.41) is 6.05. The molecule has 1 aliphatic carbocycles. The van der Waals surface area contributed by atoms with Gasteiger partial charge in [0.2, 0.25) is 5.91 Å². The van der Waals surface area contributed by atoms with Crippen LogP contribution < -0.4 is 10.6 Å². The van der Waals surface area contributed by atoms with Crippen LogP contribution in [0, 0.1) is 0 Å². The van der Waals surface area contributed by atoms with E-state index in [-0.39, 0.29) is 17.9 Å². The van der Waals surface area contributed by atoms with E-state index >= 15 is 0 Å². The van der Waals surface area contributed by atoms with Crippen LogP contribution in [0.3, 0.4) is 0 Å². The molecule has 5 nitrogen and oxygen atoms in total. The lowest BCUT2D eigenvalue weighted by Crippen LogP contribution is -2.27. The Labute approximate surface area is 170 Å². The minimum absolute atomic E-state index is 0.0117. The number of para-hydroxylation sites is 1. The zero-order valence-electron chi connectivity index (χ0n) is 16.1. The highest BCUT2D eigenvalue weighted by atomic mass is 16.2. The molecule has 1 atom stereocenters. The summed E-state index contributed by atoms with van der Waals surface area (Å²) in [6.07, 6.45) is 6.35. The first-order valence-corrected chi connectivity index (χ1v) is 9.86. The third-order valence-corrected chi connectivity index (χ3v) is 5.21. The zero-order valence-corrected chi connectivity index (χ0v) is 16.1. The fourth-order valence-electron chi connectivity index (χ4n) is 3.70. The first-order chi connectivity index (χ1) is 14.2. The van der Waals surface area contributed by atoms with Crippen molar-refractivity contribution in [2.75, 3.05) is 5.32 Å². The van der Waals surface area contributed by atoms with Crippen LogP contribution in [0.1, 0.15) is 45.9 Å². The number of aryl methyl sites for hydroxylation is 2. The lowest BCUT2D eigenvalue weighted by atomic mass is 10.0. The number of carbonyl (C=O) groups excluding carboxylic acids is 2. The topological polar surface area (TPSA) is 71.1 Å². The highest BCUT2D eigenvalue weighted by Crippen LogP contribution is 2.32. The minimum Gasteiger partial charge on any atom is -0.349 e. The molecule has 1 heterocycles. The van der Waals surface area contributed by atoms with Gasteiger partial charge in [-0.05, 0) is 66.3 Å². The van der Waals surface area contributed by atoms with Crippen LogP contribution in [0.15, 0.2) is 73.1 Å². The molecule has 3 aromatic rings. The number of nitrogens with one attached hydrogen (secondary N) is 2. The van der Waals surface area contributed by atoms with Crippen molar-refractivity contribution < 1.29 is 9.59 Å². The summed E-state index contributed by atoms with van der Waals surface area (Å²) >= 11 is 0. The molecule has 0 spiro atoms. The summed E-state index contributed by atoms with van der Waals surface area (Å²) in [4.78, 5) is 29.0. The van der Waals surface area contributed by atoms with Crippen molar-refractivity contribution in [3.05, 3.63) is 95.3 Å². The van der Waals surface area contributed by atoms with Gasteiger partial charge in [-0.2, -0.15) is 0 Å². The van der Waals surface area contributed by atoms with Gasteiger partial charge >= 0.3 is 0 Å². The van der Waals surface area contributed by atoms with E-state index in [2.05, 4.69) is 15.6 Å². The Balaban J connectivity index is 1.36. The molecule has 0 radical (unpaired) electrons. The van der Waals surface area contributed by atoms with Gasteiger partial charge in [-0.3, -0.25) is 14.6 Å². The maximum atomic E-state index is 12.5. The second-order valence-electron chi connectivity index (χ2n) is 7.25. The van der Waals surface area contributed by atoms with Gasteiger partial charge in [-0.25, -0.2) is 0 Å². The average molecular weight is 385 g/mol. The average Bonchev–Trinajstić information content (AvgIpc) is 3.15. The van der Waals surface area contributed by atoms with E-state index in [1.165, 1.54) is 0 Å². The van der Waals surface area contributed by atoms with Gasteiger partial charge in [-0.1, -0.05) is 30.3 Å². The second-order valence-corrected chi connectivity index (χ2v) is 7.25. The maximum absolute atomic E-state index is 12.5. The molecule has 5 heteroatoms. The summed E-state index contributed by atoms with van der Waals surface area (Å²) in [5.41, 5.74) is 4.70. The highest BCUT2D eigenvalue weighted by Gasteiger charge is 2.24. The van der Waals surface area contributed by atoms with Crippen molar-refractivity contribution in [1.29, 1.82) is 0 Å². The molecule has 0 fully saturated rings.